The Morgan fingerprint density at radius 2 is 1.76 bits per heavy atom. The van der Waals surface area contributed by atoms with Gasteiger partial charge in [-0.2, -0.15) is 0 Å². The normalized spacial score (nSPS) is 11.1. The Morgan fingerprint density at radius 1 is 1.24 bits per heavy atom. The predicted molar refractivity (Wildman–Crippen MR) is 67.7 cm³/mol. The van der Waals surface area contributed by atoms with Crippen LogP contribution in [-0.4, -0.2) is 18.5 Å². The Labute approximate surface area is 107 Å². The van der Waals surface area contributed by atoms with Gasteiger partial charge in [-0.3, -0.25) is 4.79 Å². The van der Waals surface area contributed by atoms with Gasteiger partial charge in [-0.1, -0.05) is 12.1 Å². The zero-order valence-electron chi connectivity index (χ0n) is 10.3. The molecule has 4 heteroatoms. The lowest BCUT2D eigenvalue weighted by atomic mass is 9.97. The fraction of sp³-hybridized carbons (Fsp3) is 0.462. The summed E-state index contributed by atoms with van der Waals surface area (Å²) < 4.78 is 11.0. The zero-order chi connectivity index (χ0) is 12.9. The molecule has 0 aliphatic heterocycles. The summed E-state index contributed by atoms with van der Waals surface area (Å²) in [5.74, 6) is 1.30. The van der Waals surface area contributed by atoms with E-state index in [0.29, 0.717) is 18.1 Å². The minimum atomic E-state index is -0.707. The summed E-state index contributed by atoms with van der Waals surface area (Å²) in [6, 6.07) is 7.36. The summed E-state index contributed by atoms with van der Waals surface area (Å²) >= 11 is 5.49. The highest BCUT2D eigenvalue weighted by Gasteiger charge is 2.27. The van der Waals surface area contributed by atoms with Crippen molar-refractivity contribution >= 4 is 16.8 Å². The maximum absolute atomic E-state index is 11.2. The summed E-state index contributed by atoms with van der Waals surface area (Å²) in [5.41, 5.74) is -0.707. The smallest absolute Gasteiger partial charge is 0.230 e. The lowest BCUT2D eigenvalue weighted by Gasteiger charge is -2.21. The van der Waals surface area contributed by atoms with E-state index in [1.54, 1.807) is 19.9 Å². The van der Waals surface area contributed by atoms with E-state index in [1.165, 1.54) is 0 Å². The van der Waals surface area contributed by atoms with Gasteiger partial charge in [0.05, 0.1) is 12.0 Å². The van der Waals surface area contributed by atoms with Crippen LogP contribution in [0.15, 0.2) is 24.3 Å². The molecule has 0 aromatic heterocycles. The molecule has 3 nitrogen and oxygen atoms in total. The van der Waals surface area contributed by atoms with Gasteiger partial charge in [0.25, 0.3) is 0 Å². The van der Waals surface area contributed by atoms with Gasteiger partial charge in [-0.25, -0.2) is 0 Å². The Hall–Kier alpha value is -1.22. The molecule has 0 N–H and O–H groups in total. The second kappa shape index (κ2) is 5.92. The van der Waals surface area contributed by atoms with Gasteiger partial charge >= 0.3 is 0 Å². The summed E-state index contributed by atoms with van der Waals surface area (Å²) in [5, 5.41) is -0.411. The monoisotopic (exact) mass is 256 g/mol. The van der Waals surface area contributed by atoms with Crippen molar-refractivity contribution in [3.05, 3.63) is 24.3 Å². The van der Waals surface area contributed by atoms with Crippen molar-refractivity contribution < 1.29 is 14.3 Å². The highest BCUT2D eigenvalue weighted by atomic mass is 35.5. The minimum absolute atomic E-state index is 0.222. The summed E-state index contributed by atoms with van der Waals surface area (Å²) in [6.07, 6.45) is 0. The standard InChI is InChI=1S/C13H17ClO3/c1-4-16-10-7-5-6-8-11(10)17-9-13(2,3)12(14)15/h5-8H,4,9H2,1-3H3. The van der Waals surface area contributed by atoms with Crippen LogP contribution in [0.25, 0.3) is 0 Å². The summed E-state index contributed by atoms with van der Waals surface area (Å²) in [6.45, 7) is 6.18. The number of ether oxygens (including phenoxy) is 2. The van der Waals surface area contributed by atoms with E-state index in [1.807, 2.05) is 25.1 Å². The molecular formula is C13H17ClO3. The summed E-state index contributed by atoms with van der Waals surface area (Å²) in [4.78, 5) is 11.2. The molecule has 0 bridgehead atoms. The highest BCUT2D eigenvalue weighted by molar-refractivity contribution is 6.64. The van der Waals surface area contributed by atoms with Crippen molar-refractivity contribution in [2.75, 3.05) is 13.2 Å². The van der Waals surface area contributed by atoms with Gasteiger partial charge in [0.15, 0.2) is 11.5 Å². The third kappa shape index (κ3) is 3.93. The maximum atomic E-state index is 11.2. The Bertz CT molecular complexity index is 388. The van der Waals surface area contributed by atoms with Crippen molar-refractivity contribution in [1.82, 2.24) is 0 Å². The molecule has 0 heterocycles. The number of benzene rings is 1. The van der Waals surface area contributed by atoms with E-state index in [0.717, 1.165) is 0 Å². The van der Waals surface area contributed by atoms with Gasteiger partial charge in [0.1, 0.15) is 6.61 Å². The molecule has 0 amide bonds. The van der Waals surface area contributed by atoms with Gasteiger partial charge in [0.2, 0.25) is 5.24 Å². The van der Waals surface area contributed by atoms with E-state index in [2.05, 4.69) is 0 Å². The van der Waals surface area contributed by atoms with E-state index in [4.69, 9.17) is 21.1 Å². The predicted octanol–water partition coefficient (Wildman–Crippen LogP) is 3.26. The molecule has 0 saturated carbocycles. The van der Waals surface area contributed by atoms with Gasteiger partial charge in [-0.15, -0.1) is 0 Å². The van der Waals surface area contributed by atoms with Gasteiger partial charge < -0.3 is 9.47 Å². The molecule has 1 aromatic carbocycles. The van der Waals surface area contributed by atoms with E-state index in [-0.39, 0.29) is 6.61 Å². The maximum Gasteiger partial charge on any atom is 0.230 e. The van der Waals surface area contributed by atoms with Crippen LogP contribution in [0.5, 0.6) is 11.5 Å². The van der Waals surface area contributed by atoms with Crippen molar-refractivity contribution in [3.8, 4) is 11.5 Å². The number of halogens is 1. The second-order valence-corrected chi connectivity index (χ2v) is 4.67. The van der Waals surface area contributed by atoms with Crippen molar-refractivity contribution in [3.63, 3.8) is 0 Å². The highest BCUT2D eigenvalue weighted by Crippen LogP contribution is 2.29. The number of hydrogen-bond acceptors (Lipinski definition) is 3. The average molecular weight is 257 g/mol. The Morgan fingerprint density at radius 3 is 2.24 bits per heavy atom. The molecule has 94 valence electrons. The third-order valence-corrected chi connectivity index (χ3v) is 2.78. The number of carbonyl (C=O) groups is 1. The van der Waals surface area contributed by atoms with Crippen LogP contribution in [0.4, 0.5) is 0 Å². The van der Waals surface area contributed by atoms with Gasteiger partial charge in [-0.05, 0) is 44.5 Å². The molecule has 0 spiro atoms. The number of carbonyl (C=O) groups excluding carboxylic acids is 1. The van der Waals surface area contributed by atoms with E-state index >= 15 is 0 Å². The topological polar surface area (TPSA) is 35.5 Å². The van der Waals surface area contributed by atoms with E-state index < -0.39 is 10.7 Å². The molecule has 0 atom stereocenters. The number of hydrogen-bond donors (Lipinski definition) is 0. The van der Waals surface area contributed by atoms with Crippen LogP contribution in [0.2, 0.25) is 0 Å². The number of rotatable bonds is 6. The molecule has 0 saturated heterocycles. The fourth-order valence-corrected chi connectivity index (χ4v) is 1.21. The summed E-state index contributed by atoms with van der Waals surface area (Å²) in [7, 11) is 0. The van der Waals surface area contributed by atoms with Crippen LogP contribution in [-0.2, 0) is 4.79 Å². The molecule has 0 aliphatic carbocycles. The van der Waals surface area contributed by atoms with Crippen LogP contribution in [0, 0.1) is 5.41 Å². The Kier molecular flexibility index (Phi) is 4.82. The minimum Gasteiger partial charge on any atom is -0.490 e. The lowest BCUT2D eigenvalue weighted by Crippen LogP contribution is -2.27. The molecule has 0 unspecified atom stereocenters. The fourth-order valence-electron chi connectivity index (χ4n) is 1.16. The molecule has 1 aromatic rings. The molecule has 0 radical (unpaired) electrons. The Balaban J connectivity index is 2.72. The van der Waals surface area contributed by atoms with Crippen LogP contribution >= 0.6 is 11.6 Å². The van der Waals surface area contributed by atoms with Crippen molar-refractivity contribution in [1.29, 1.82) is 0 Å². The molecule has 1 rings (SSSR count). The van der Waals surface area contributed by atoms with Crippen molar-refractivity contribution in [2.45, 2.75) is 20.8 Å². The molecular weight excluding hydrogens is 240 g/mol. The van der Waals surface area contributed by atoms with Gasteiger partial charge in [0, 0.05) is 0 Å². The van der Waals surface area contributed by atoms with Crippen LogP contribution in [0.3, 0.4) is 0 Å². The zero-order valence-corrected chi connectivity index (χ0v) is 11.1. The quantitative estimate of drug-likeness (QED) is 0.733. The first-order chi connectivity index (χ1) is 7.97. The van der Waals surface area contributed by atoms with Crippen LogP contribution < -0.4 is 9.47 Å². The first-order valence-electron chi connectivity index (χ1n) is 5.52. The number of para-hydroxylation sites is 2. The second-order valence-electron chi connectivity index (χ2n) is 4.33. The van der Waals surface area contributed by atoms with Crippen molar-refractivity contribution in [2.24, 2.45) is 5.41 Å². The van der Waals surface area contributed by atoms with E-state index in [9.17, 15) is 4.79 Å². The third-order valence-electron chi connectivity index (χ3n) is 2.27. The largest absolute Gasteiger partial charge is 0.490 e. The first-order valence-corrected chi connectivity index (χ1v) is 5.89. The molecule has 0 fully saturated rings. The lowest BCUT2D eigenvalue weighted by molar-refractivity contribution is -0.120. The molecule has 0 aliphatic rings. The molecule has 17 heavy (non-hydrogen) atoms. The SMILES string of the molecule is CCOc1ccccc1OCC(C)(C)C(=O)Cl. The first kappa shape index (κ1) is 13.8. The van der Waals surface area contributed by atoms with Crippen LogP contribution in [0.1, 0.15) is 20.8 Å². The average Bonchev–Trinajstić information content (AvgIpc) is 2.28.